The molecule has 1 unspecified atom stereocenters. The Morgan fingerprint density at radius 1 is 1.21 bits per heavy atom. The molecule has 13 nitrogen and oxygen atoms in total. The highest BCUT2D eigenvalue weighted by Gasteiger charge is 2.62. The van der Waals surface area contributed by atoms with E-state index in [4.69, 9.17) is 34.9 Å². The molecule has 3 N–H and O–H groups in total. The third-order valence-electron chi connectivity index (χ3n) is 6.92. The molecule has 2 aromatic carbocycles. The first-order valence-corrected chi connectivity index (χ1v) is 15.0. The van der Waals surface area contributed by atoms with Crippen LogP contribution in [0.5, 0.6) is 5.75 Å². The first-order valence-electron chi connectivity index (χ1n) is 13.1. The van der Waals surface area contributed by atoms with Gasteiger partial charge in [0.25, 0.3) is 5.56 Å². The Hall–Kier alpha value is -3.29. The van der Waals surface area contributed by atoms with Crippen LogP contribution in [-0.2, 0) is 34.7 Å². The van der Waals surface area contributed by atoms with E-state index in [9.17, 15) is 24.1 Å². The molecule has 42 heavy (non-hydrogen) atoms. The number of esters is 1. The Bertz CT molecular complexity index is 1560. The van der Waals surface area contributed by atoms with Crippen molar-refractivity contribution in [1.82, 2.24) is 14.6 Å². The molecular formula is C27H29ClN3O10P. The molecule has 1 aromatic heterocycles. The molecule has 5 rings (SSSR count). The van der Waals surface area contributed by atoms with Crippen LogP contribution in [0.25, 0.3) is 0 Å². The maximum absolute atomic E-state index is 13.9. The molecule has 2 aliphatic heterocycles. The molecule has 0 radical (unpaired) electrons. The number of rotatable bonds is 11. The topological polar surface area (TPSA) is 167 Å². The smallest absolute Gasteiger partial charge is 0.459 e. The third kappa shape index (κ3) is 6.52. The lowest BCUT2D eigenvalue weighted by atomic mass is 9.86. The van der Waals surface area contributed by atoms with Crippen LogP contribution in [0.15, 0.2) is 76.4 Å². The van der Waals surface area contributed by atoms with Crippen molar-refractivity contribution in [3.63, 3.8) is 0 Å². The number of halogens is 1. The Balaban J connectivity index is 1.31. The third-order valence-corrected chi connectivity index (χ3v) is 8.81. The van der Waals surface area contributed by atoms with Crippen LogP contribution >= 0.6 is 19.3 Å². The van der Waals surface area contributed by atoms with Gasteiger partial charge in [-0.15, -0.1) is 0 Å². The van der Waals surface area contributed by atoms with Gasteiger partial charge in [0.05, 0.1) is 13.2 Å². The maximum atomic E-state index is 13.9. The second kappa shape index (κ2) is 12.5. The molecule has 3 heterocycles. The van der Waals surface area contributed by atoms with Crippen LogP contribution in [0.1, 0.15) is 25.1 Å². The number of carbonyl (C=O) groups excluding carboxylic acids is 1. The van der Waals surface area contributed by atoms with E-state index < -0.39 is 61.7 Å². The van der Waals surface area contributed by atoms with Crippen molar-refractivity contribution in [1.29, 1.82) is 0 Å². The zero-order chi connectivity index (χ0) is 29.9. The zero-order valence-corrected chi connectivity index (χ0v) is 24.0. The number of nitrogens with one attached hydrogen (secondary N) is 2. The van der Waals surface area contributed by atoms with Gasteiger partial charge < -0.3 is 23.8 Å². The number of aromatic amines is 1. The predicted octanol–water partition coefficient (Wildman–Crippen LogP) is 2.53. The largest absolute Gasteiger partial charge is 0.460 e. The molecule has 224 valence electrons. The minimum absolute atomic E-state index is 0.00456. The summed E-state index contributed by atoms with van der Waals surface area (Å²) in [7, 11) is -4.32. The maximum Gasteiger partial charge on any atom is 0.459 e. The van der Waals surface area contributed by atoms with E-state index in [1.165, 1.54) is 37.4 Å². The Morgan fingerprint density at radius 3 is 2.57 bits per heavy atom. The van der Waals surface area contributed by atoms with Gasteiger partial charge in [0.15, 0.2) is 6.23 Å². The van der Waals surface area contributed by atoms with Gasteiger partial charge in [-0.05, 0) is 36.8 Å². The molecule has 15 heteroatoms. The first-order chi connectivity index (χ1) is 20.1. The van der Waals surface area contributed by atoms with Crippen LogP contribution < -0.4 is 20.9 Å². The van der Waals surface area contributed by atoms with Crippen LogP contribution in [0.2, 0.25) is 5.02 Å². The summed E-state index contributed by atoms with van der Waals surface area (Å²) in [5.74, 6) is -0.580. The number of aliphatic hydroxyl groups excluding tert-OH is 1. The summed E-state index contributed by atoms with van der Waals surface area (Å²) in [4.78, 5) is 38.9. The fraction of sp³-hybridized carbons (Fsp3) is 0.370. The Labute approximate surface area is 244 Å². The summed E-state index contributed by atoms with van der Waals surface area (Å²) in [5.41, 5.74) is -1.87. The van der Waals surface area contributed by atoms with Crippen molar-refractivity contribution in [3.8, 4) is 5.75 Å². The van der Waals surface area contributed by atoms with Crippen molar-refractivity contribution in [2.24, 2.45) is 0 Å². The molecular weight excluding hydrogens is 593 g/mol. The normalized spacial score (nSPS) is 25.4. The Morgan fingerprint density at radius 2 is 1.93 bits per heavy atom. The molecule has 0 amide bonds. The molecule has 0 bridgehead atoms. The number of ether oxygens (including phenoxy) is 3. The lowest BCUT2D eigenvalue weighted by Gasteiger charge is -2.44. The van der Waals surface area contributed by atoms with Crippen molar-refractivity contribution < 1.29 is 37.7 Å². The summed E-state index contributed by atoms with van der Waals surface area (Å²) < 4.78 is 43.4. The van der Waals surface area contributed by atoms with Crippen LogP contribution in [0.3, 0.4) is 0 Å². The van der Waals surface area contributed by atoms with E-state index in [0.717, 1.165) is 16.2 Å². The zero-order valence-electron chi connectivity index (χ0n) is 22.4. The second-order valence-electron chi connectivity index (χ2n) is 9.83. The average Bonchev–Trinajstić information content (AvgIpc) is 3.24. The van der Waals surface area contributed by atoms with Crippen LogP contribution in [0.4, 0.5) is 0 Å². The van der Waals surface area contributed by atoms with Crippen molar-refractivity contribution in [3.05, 3.63) is 98.3 Å². The van der Waals surface area contributed by atoms with Gasteiger partial charge in [0.1, 0.15) is 36.2 Å². The number of carbonyl (C=O) groups is 1. The Kier molecular flexibility index (Phi) is 9.00. The number of hydrogen-bond donors (Lipinski definition) is 3. The SMILES string of the molecule is C[C@H](NP(=O)(OC[C@H]1O[C@@H](n2ccc(=O)[nH]c2=O)[C@@]2(CCO2)[C@@H]1O)Oc1ccc(Cl)cc1)C(=O)OCc1ccccc1. The number of H-pyrrole nitrogens is 1. The molecule has 2 fully saturated rings. The molecule has 0 saturated carbocycles. The minimum Gasteiger partial charge on any atom is -0.460 e. The van der Waals surface area contributed by atoms with Gasteiger partial charge in [-0.2, -0.15) is 5.09 Å². The first kappa shape index (κ1) is 30.2. The van der Waals surface area contributed by atoms with Gasteiger partial charge in [0.2, 0.25) is 0 Å². The molecule has 2 aliphatic rings. The molecule has 0 aliphatic carbocycles. The summed E-state index contributed by atoms with van der Waals surface area (Å²) in [6, 6.07) is 15.0. The van der Waals surface area contributed by atoms with Crippen molar-refractivity contribution in [2.75, 3.05) is 13.2 Å². The van der Waals surface area contributed by atoms with Crippen LogP contribution in [0, 0.1) is 0 Å². The van der Waals surface area contributed by atoms with Gasteiger partial charge in [0, 0.05) is 23.7 Å². The molecule has 6 atom stereocenters. The number of aromatic nitrogens is 2. The highest BCUT2D eigenvalue weighted by atomic mass is 35.5. The molecule has 3 aromatic rings. The minimum atomic E-state index is -4.32. The summed E-state index contributed by atoms with van der Waals surface area (Å²) in [6.07, 6.45) is -1.94. The van der Waals surface area contributed by atoms with E-state index in [-0.39, 0.29) is 12.4 Å². The van der Waals surface area contributed by atoms with Gasteiger partial charge >= 0.3 is 19.4 Å². The van der Waals surface area contributed by atoms with Crippen molar-refractivity contribution >= 4 is 25.3 Å². The van der Waals surface area contributed by atoms with Crippen LogP contribution in [-0.4, -0.2) is 57.7 Å². The lowest BCUT2D eigenvalue weighted by Crippen LogP contribution is -2.57. The summed E-state index contributed by atoms with van der Waals surface area (Å²) >= 11 is 5.95. The standard InChI is InChI=1S/C27H29ClN3O10P/c1-17(24(34)37-15-18-5-3-2-4-6-18)30-42(36,41-20-9-7-19(28)8-10-20)39-16-21-23(33)27(12-14-38-27)25(40-21)31-13-11-22(32)29-26(31)35/h2-11,13,17,21,23,25,33H,12,14-16H2,1H3,(H,30,36)(H,29,32,35)/t17-,21+,23+,25+,27+,42?/m0/s1. The van der Waals surface area contributed by atoms with Gasteiger partial charge in [-0.1, -0.05) is 41.9 Å². The summed E-state index contributed by atoms with van der Waals surface area (Å²) in [5, 5.41) is 14.1. The highest BCUT2D eigenvalue weighted by molar-refractivity contribution is 7.52. The fourth-order valence-corrected chi connectivity index (χ4v) is 6.29. The lowest BCUT2D eigenvalue weighted by molar-refractivity contribution is -0.227. The van der Waals surface area contributed by atoms with E-state index in [2.05, 4.69) is 10.1 Å². The van der Waals surface area contributed by atoms with Crippen molar-refractivity contribution in [2.45, 2.75) is 50.0 Å². The fourth-order valence-electron chi connectivity index (χ4n) is 4.66. The summed E-state index contributed by atoms with van der Waals surface area (Å²) in [6.45, 7) is 1.27. The number of aliphatic hydroxyl groups is 1. The van der Waals surface area contributed by atoms with E-state index >= 15 is 0 Å². The highest BCUT2D eigenvalue weighted by Crippen LogP contribution is 2.50. The molecule has 2 saturated heterocycles. The van der Waals surface area contributed by atoms with E-state index in [1.54, 1.807) is 12.1 Å². The predicted molar refractivity (Wildman–Crippen MR) is 149 cm³/mol. The molecule has 1 spiro atoms. The van der Waals surface area contributed by atoms with Gasteiger partial charge in [-0.3, -0.25) is 23.7 Å². The average molecular weight is 622 g/mol. The van der Waals surface area contributed by atoms with E-state index in [0.29, 0.717) is 18.1 Å². The number of benzene rings is 2. The quantitative estimate of drug-likeness (QED) is 0.213. The van der Waals surface area contributed by atoms with Gasteiger partial charge in [-0.25, -0.2) is 9.36 Å². The number of hydrogen-bond acceptors (Lipinski definition) is 10. The van der Waals surface area contributed by atoms with E-state index in [1.807, 2.05) is 18.2 Å². The number of nitrogens with zero attached hydrogens (tertiary/aromatic N) is 1. The monoisotopic (exact) mass is 621 g/mol. The second-order valence-corrected chi connectivity index (χ2v) is 12.0.